The lowest BCUT2D eigenvalue weighted by molar-refractivity contribution is 0.0953. The molecule has 0 saturated heterocycles. The molecule has 3 rings (SSSR count). The fourth-order valence-corrected chi connectivity index (χ4v) is 2.59. The first-order valence-electron chi connectivity index (χ1n) is 7.69. The summed E-state index contributed by atoms with van der Waals surface area (Å²) in [6.07, 6.45) is 7.96. The number of carbonyl (C=O) groups excluding carboxylic acids is 1. The smallest absolute Gasteiger partial charge is 0.251 e. The van der Waals surface area contributed by atoms with Gasteiger partial charge in [-0.05, 0) is 30.7 Å². The predicted molar refractivity (Wildman–Crippen MR) is 93.9 cm³/mol. The van der Waals surface area contributed by atoms with Crippen LogP contribution in [0.4, 0.5) is 0 Å². The number of pyridine rings is 1. The van der Waals surface area contributed by atoms with Gasteiger partial charge in [0, 0.05) is 42.8 Å². The second-order valence-electron chi connectivity index (χ2n) is 5.32. The number of halogens is 1. The third-order valence-electron chi connectivity index (χ3n) is 3.62. The van der Waals surface area contributed by atoms with Crippen LogP contribution in [0.3, 0.4) is 0 Å². The highest BCUT2D eigenvalue weighted by molar-refractivity contribution is 6.33. The summed E-state index contributed by atoms with van der Waals surface area (Å²) in [5.41, 5.74) is 2.22. The second-order valence-corrected chi connectivity index (χ2v) is 5.73. The average Bonchev–Trinajstić information content (AvgIpc) is 3.13. The number of aromatic nitrogens is 3. The summed E-state index contributed by atoms with van der Waals surface area (Å²) in [5, 5.41) is 3.51. The average molecular weight is 341 g/mol. The number of imidazole rings is 1. The van der Waals surface area contributed by atoms with Crippen molar-refractivity contribution in [2.75, 3.05) is 6.54 Å². The minimum Gasteiger partial charge on any atom is -0.352 e. The summed E-state index contributed by atoms with van der Waals surface area (Å²) in [4.78, 5) is 20.4. The van der Waals surface area contributed by atoms with Gasteiger partial charge in [0.05, 0.1) is 17.0 Å². The molecule has 0 spiro atoms. The molecule has 0 fully saturated rings. The zero-order valence-corrected chi connectivity index (χ0v) is 13.8. The maximum atomic E-state index is 12.1. The minimum atomic E-state index is -0.0840. The zero-order valence-electron chi connectivity index (χ0n) is 13.0. The molecule has 1 N–H and O–H groups in total. The van der Waals surface area contributed by atoms with Crippen molar-refractivity contribution in [3.8, 4) is 11.3 Å². The Bertz CT molecular complexity index is 800. The van der Waals surface area contributed by atoms with E-state index in [-0.39, 0.29) is 5.91 Å². The number of nitrogens with one attached hydrogen (secondary N) is 1. The molecule has 122 valence electrons. The van der Waals surface area contributed by atoms with E-state index in [1.807, 2.05) is 22.9 Å². The summed E-state index contributed by atoms with van der Waals surface area (Å²) in [7, 11) is 0. The highest BCUT2D eigenvalue weighted by atomic mass is 35.5. The number of nitrogens with zero attached hydrogens (tertiary/aromatic N) is 3. The molecule has 24 heavy (non-hydrogen) atoms. The van der Waals surface area contributed by atoms with Gasteiger partial charge in [0.1, 0.15) is 0 Å². The monoisotopic (exact) mass is 340 g/mol. The standard InChI is InChI=1S/C18H17ClN4O/c19-16-3-1-8-21-17(16)14-4-6-15(7-5-14)18(24)22-9-2-11-23-12-10-20-13-23/h1,3-8,10,12-13H,2,9,11H2,(H,22,24). The molecule has 3 aromatic rings. The van der Waals surface area contributed by atoms with Crippen LogP contribution in [-0.2, 0) is 6.54 Å². The normalized spacial score (nSPS) is 10.5. The molecule has 0 saturated carbocycles. The first kappa shape index (κ1) is 16.2. The Balaban J connectivity index is 1.55. The van der Waals surface area contributed by atoms with Gasteiger partial charge in [-0.25, -0.2) is 4.98 Å². The molecule has 0 aliphatic rings. The SMILES string of the molecule is O=C(NCCCn1ccnc1)c1ccc(-c2ncccc2Cl)cc1. The van der Waals surface area contributed by atoms with Crippen molar-refractivity contribution < 1.29 is 4.79 Å². The Morgan fingerprint density at radius 2 is 2.00 bits per heavy atom. The second kappa shape index (κ2) is 7.75. The lowest BCUT2D eigenvalue weighted by Gasteiger charge is -2.07. The lowest BCUT2D eigenvalue weighted by Crippen LogP contribution is -2.25. The Morgan fingerprint density at radius 1 is 1.17 bits per heavy atom. The molecular weight excluding hydrogens is 324 g/mol. The molecule has 6 heteroatoms. The Kier molecular flexibility index (Phi) is 5.23. The van der Waals surface area contributed by atoms with E-state index in [4.69, 9.17) is 11.6 Å². The molecule has 0 radical (unpaired) electrons. The molecule has 2 heterocycles. The highest BCUT2D eigenvalue weighted by Crippen LogP contribution is 2.25. The largest absolute Gasteiger partial charge is 0.352 e. The van der Waals surface area contributed by atoms with Crippen LogP contribution in [0.2, 0.25) is 5.02 Å². The summed E-state index contributed by atoms with van der Waals surface area (Å²) in [5.74, 6) is -0.0840. The number of rotatable bonds is 6. The van der Waals surface area contributed by atoms with Crippen molar-refractivity contribution >= 4 is 17.5 Å². The fourth-order valence-electron chi connectivity index (χ4n) is 2.36. The van der Waals surface area contributed by atoms with Gasteiger partial charge in [0.25, 0.3) is 5.91 Å². The van der Waals surface area contributed by atoms with E-state index in [0.717, 1.165) is 18.5 Å². The minimum absolute atomic E-state index is 0.0840. The third-order valence-corrected chi connectivity index (χ3v) is 3.92. The number of hydrogen-bond acceptors (Lipinski definition) is 3. The highest BCUT2D eigenvalue weighted by Gasteiger charge is 2.07. The van der Waals surface area contributed by atoms with Crippen molar-refractivity contribution in [3.63, 3.8) is 0 Å². The molecule has 5 nitrogen and oxygen atoms in total. The van der Waals surface area contributed by atoms with Gasteiger partial charge in [0.15, 0.2) is 0 Å². The zero-order chi connectivity index (χ0) is 16.8. The van der Waals surface area contributed by atoms with Gasteiger partial charge in [-0.2, -0.15) is 0 Å². The number of hydrogen-bond donors (Lipinski definition) is 1. The van der Waals surface area contributed by atoms with Crippen LogP contribution >= 0.6 is 11.6 Å². The lowest BCUT2D eigenvalue weighted by atomic mass is 10.1. The van der Waals surface area contributed by atoms with Crippen LogP contribution in [0.1, 0.15) is 16.8 Å². The van der Waals surface area contributed by atoms with Gasteiger partial charge in [-0.1, -0.05) is 23.7 Å². The summed E-state index contributed by atoms with van der Waals surface area (Å²) in [6, 6.07) is 10.9. The molecular formula is C18H17ClN4O. The summed E-state index contributed by atoms with van der Waals surface area (Å²) in [6.45, 7) is 1.45. The van der Waals surface area contributed by atoms with Crippen molar-refractivity contribution in [2.45, 2.75) is 13.0 Å². The number of carbonyl (C=O) groups is 1. The van der Waals surface area contributed by atoms with Gasteiger partial charge in [-0.3, -0.25) is 9.78 Å². The number of aryl methyl sites for hydroxylation is 1. The molecule has 0 aliphatic carbocycles. The van der Waals surface area contributed by atoms with Crippen molar-refractivity contribution in [2.24, 2.45) is 0 Å². The maximum absolute atomic E-state index is 12.1. The molecule has 1 aromatic carbocycles. The topological polar surface area (TPSA) is 59.8 Å². The Hall–Kier alpha value is -2.66. The molecule has 2 aromatic heterocycles. The summed E-state index contributed by atoms with van der Waals surface area (Å²) < 4.78 is 1.98. The van der Waals surface area contributed by atoms with Crippen molar-refractivity contribution in [3.05, 3.63) is 71.9 Å². The van der Waals surface area contributed by atoms with E-state index >= 15 is 0 Å². The quantitative estimate of drug-likeness (QED) is 0.699. The molecule has 1 amide bonds. The van der Waals surface area contributed by atoms with Crippen LogP contribution in [0.5, 0.6) is 0 Å². The fraction of sp³-hybridized carbons (Fsp3) is 0.167. The van der Waals surface area contributed by atoms with Gasteiger partial charge in [0.2, 0.25) is 0 Å². The van der Waals surface area contributed by atoms with Gasteiger partial charge < -0.3 is 9.88 Å². The van der Waals surface area contributed by atoms with Crippen LogP contribution in [0.15, 0.2) is 61.3 Å². The van der Waals surface area contributed by atoms with E-state index in [9.17, 15) is 4.79 Å². The molecule has 0 bridgehead atoms. The number of benzene rings is 1. The molecule has 0 atom stereocenters. The van der Waals surface area contributed by atoms with Crippen molar-refractivity contribution in [1.82, 2.24) is 19.9 Å². The Morgan fingerprint density at radius 3 is 2.71 bits per heavy atom. The first-order chi connectivity index (χ1) is 11.7. The van der Waals surface area contributed by atoms with E-state index in [1.54, 1.807) is 43.0 Å². The van der Waals surface area contributed by atoms with Crippen LogP contribution in [0.25, 0.3) is 11.3 Å². The third kappa shape index (κ3) is 4.00. The summed E-state index contributed by atoms with van der Waals surface area (Å²) >= 11 is 6.14. The maximum Gasteiger partial charge on any atom is 0.251 e. The van der Waals surface area contributed by atoms with Crippen LogP contribution in [0, 0.1) is 0 Å². The molecule has 0 unspecified atom stereocenters. The van der Waals surface area contributed by atoms with Crippen LogP contribution < -0.4 is 5.32 Å². The van der Waals surface area contributed by atoms with E-state index in [1.165, 1.54) is 0 Å². The van der Waals surface area contributed by atoms with Gasteiger partial charge >= 0.3 is 0 Å². The van der Waals surface area contributed by atoms with Crippen molar-refractivity contribution in [1.29, 1.82) is 0 Å². The van der Waals surface area contributed by atoms with E-state index < -0.39 is 0 Å². The Labute approximate surface area is 145 Å². The predicted octanol–water partition coefficient (Wildman–Crippen LogP) is 3.42. The first-order valence-corrected chi connectivity index (χ1v) is 8.07. The number of amides is 1. The van der Waals surface area contributed by atoms with E-state index in [2.05, 4.69) is 15.3 Å². The van der Waals surface area contributed by atoms with Crippen LogP contribution in [-0.4, -0.2) is 27.0 Å². The van der Waals surface area contributed by atoms with Gasteiger partial charge in [-0.15, -0.1) is 0 Å². The van der Waals surface area contributed by atoms with E-state index in [0.29, 0.717) is 22.8 Å². The molecule has 0 aliphatic heterocycles.